The molecule has 4 aliphatic rings. The number of benzene rings is 1. The summed E-state index contributed by atoms with van der Waals surface area (Å²) in [6.07, 6.45) is 5.79. The first kappa shape index (κ1) is 55.1. The molecule has 8 rings (SSSR count). The number of methoxy groups -OCH3 is 2. The number of pyridine rings is 1. The van der Waals surface area contributed by atoms with Crippen molar-refractivity contribution in [2.75, 3.05) is 47.5 Å². The summed E-state index contributed by atoms with van der Waals surface area (Å²) < 4.78 is 19.6. The zero-order valence-corrected chi connectivity index (χ0v) is 43.8. The van der Waals surface area contributed by atoms with Crippen LogP contribution in [0, 0.1) is 11.3 Å². The number of hydrogen-bond acceptors (Lipinski definition) is 11. The Morgan fingerprint density at radius 3 is 2.52 bits per heavy atom. The van der Waals surface area contributed by atoms with Gasteiger partial charge in [0.15, 0.2) is 0 Å². The molecule has 364 valence electrons. The third kappa shape index (κ3) is 11.7. The van der Waals surface area contributed by atoms with Gasteiger partial charge in [0.1, 0.15) is 18.1 Å². The molecule has 2 saturated heterocycles. The molecule has 4 atom stereocenters. The predicted molar refractivity (Wildman–Crippen MR) is 278 cm³/mol. The number of likely N-dealkylation sites (N-methyl/N-ethyl adjacent to an activating group) is 1. The highest BCUT2D eigenvalue weighted by Crippen LogP contribution is 2.42. The highest BCUT2D eigenvalue weighted by molar-refractivity contribution is 7.59. The summed E-state index contributed by atoms with van der Waals surface area (Å²) in [5.41, 5.74) is 9.42. The number of fused-ring (bicyclic) bond motifs is 6. The van der Waals surface area contributed by atoms with Crippen LogP contribution < -0.4 is 10.7 Å². The maximum absolute atomic E-state index is 14.6. The summed E-state index contributed by atoms with van der Waals surface area (Å²) >= 11 is 1.44. The van der Waals surface area contributed by atoms with Crippen molar-refractivity contribution in [3.8, 4) is 22.5 Å². The molecule has 0 unspecified atom stereocenters. The quantitative estimate of drug-likeness (QED) is 0.175. The first-order valence-corrected chi connectivity index (χ1v) is 22.8. The number of rotatable bonds is 10. The summed E-state index contributed by atoms with van der Waals surface area (Å²) in [6.45, 7) is 10.5. The van der Waals surface area contributed by atoms with E-state index in [1.807, 2.05) is 18.4 Å². The number of carbonyl (C=O) groups is 4. The summed E-state index contributed by atoms with van der Waals surface area (Å²) in [5.74, 6) is -0.878. The molecule has 3 fully saturated rings. The van der Waals surface area contributed by atoms with Gasteiger partial charge >= 0.3 is 12.0 Å². The van der Waals surface area contributed by atoms with E-state index < -0.39 is 35.4 Å². The van der Waals surface area contributed by atoms with Gasteiger partial charge in [0.25, 0.3) is 5.91 Å². The first-order valence-electron chi connectivity index (χ1n) is 22.0. The van der Waals surface area contributed by atoms with Gasteiger partial charge in [-0.05, 0) is 75.3 Å². The fourth-order valence-electron chi connectivity index (χ4n) is 9.04. The fraction of sp³-hybridized carbons (Fsp3) is 0.565. The number of hydrogen-bond donors (Lipinski definition) is 2. The molecule has 6 bridgehead atoms. The number of thiazole rings is 1. The Balaban J connectivity index is 0.00000238. The SMILES string of the molecule is CCn1c(-c2cccnc2[C@H](C)OC)c2c3cc(ccc31)-c1csc(n1)C[C@H](NC(=O)[C@H](CC1CC1)N(C)C(=O)N1CC(OC)C1)C(=O)N1CCC[C@H](N1)C(=O)OCC(C)(C)C2.S.S.S.S. The molecular formula is C46H68N8O7S5. The molecular weight excluding hydrogens is 937 g/mol. The van der Waals surface area contributed by atoms with Crippen LogP contribution in [0.2, 0.25) is 0 Å². The number of urea groups is 1. The van der Waals surface area contributed by atoms with Crippen LogP contribution in [-0.2, 0) is 48.0 Å². The average Bonchev–Trinajstić information content (AvgIpc) is 3.88. The van der Waals surface area contributed by atoms with E-state index in [2.05, 4.69) is 60.3 Å². The number of ether oxygens (including phenoxy) is 3. The summed E-state index contributed by atoms with van der Waals surface area (Å²) in [6, 6.07) is 7.68. The molecule has 0 spiro atoms. The van der Waals surface area contributed by atoms with E-state index in [1.165, 1.54) is 21.2 Å². The Labute approximate surface area is 420 Å². The van der Waals surface area contributed by atoms with E-state index in [0.29, 0.717) is 62.8 Å². The van der Waals surface area contributed by atoms with Crippen molar-refractivity contribution in [2.45, 2.75) is 110 Å². The van der Waals surface area contributed by atoms with E-state index in [1.54, 1.807) is 32.4 Å². The molecule has 0 radical (unpaired) electrons. The largest absolute Gasteiger partial charge is 0.464 e. The van der Waals surface area contributed by atoms with Gasteiger partial charge in [-0.1, -0.05) is 32.8 Å². The second-order valence-corrected chi connectivity index (χ2v) is 19.1. The average molecular weight is 1010 g/mol. The van der Waals surface area contributed by atoms with Gasteiger partial charge in [0.2, 0.25) is 5.91 Å². The van der Waals surface area contributed by atoms with Crippen LogP contribution in [0.25, 0.3) is 33.4 Å². The van der Waals surface area contributed by atoms with E-state index in [-0.39, 0.29) is 91.2 Å². The van der Waals surface area contributed by atoms with Crippen LogP contribution in [0.5, 0.6) is 0 Å². The Hall–Kier alpha value is -3.50. The van der Waals surface area contributed by atoms with Crippen LogP contribution in [0.4, 0.5) is 4.79 Å². The fourth-order valence-corrected chi connectivity index (χ4v) is 9.89. The summed E-state index contributed by atoms with van der Waals surface area (Å²) in [5, 5.41) is 8.25. The van der Waals surface area contributed by atoms with Crippen molar-refractivity contribution in [1.29, 1.82) is 0 Å². The molecule has 3 aliphatic heterocycles. The zero-order valence-electron chi connectivity index (χ0n) is 38.9. The Bertz CT molecular complexity index is 2330. The predicted octanol–water partition coefficient (Wildman–Crippen LogP) is 6.20. The number of likely N-dealkylation sites (tertiary alicyclic amines) is 1. The number of aryl methyl sites for hydroxylation is 1. The van der Waals surface area contributed by atoms with Gasteiger partial charge in [-0.2, -0.15) is 54.0 Å². The molecule has 3 aromatic heterocycles. The number of nitrogens with zero attached hydrogens (tertiary/aromatic N) is 6. The van der Waals surface area contributed by atoms with Crippen LogP contribution in [0.1, 0.15) is 82.2 Å². The number of esters is 1. The van der Waals surface area contributed by atoms with Crippen LogP contribution in [-0.4, -0.2) is 125 Å². The number of hydrazine groups is 1. The van der Waals surface area contributed by atoms with Gasteiger partial charge < -0.3 is 33.9 Å². The summed E-state index contributed by atoms with van der Waals surface area (Å²) in [4.78, 5) is 69.4. The molecule has 4 amide bonds. The monoisotopic (exact) mass is 1000 g/mol. The number of aromatic nitrogens is 3. The van der Waals surface area contributed by atoms with Crippen LogP contribution >= 0.6 is 65.3 Å². The number of nitrogens with one attached hydrogen (secondary N) is 2. The lowest BCUT2D eigenvalue weighted by Crippen LogP contribution is -2.63. The van der Waals surface area contributed by atoms with Gasteiger partial charge in [-0.3, -0.25) is 24.4 Å². The van der Waals surface area contributed by atoms with Crippen molar-refractivity contribution >= 4 is 100 Å². The molecule has 1 aliphatic carbocycles. The molecule has 66 heavy (non-hydrogen) atoms. The normalized spacial score (nSPS) is 20.5. The third-order valence-corrected chi connectivity index (χ3v) is 13.8. The second kappa shape index (κ2) is 23.2. The van der Waals surface area contributed by atoms with Crippen molar-refractivity contribution in [3.05, 3.63) is 58.2 Å². The van der Waals surface area contributed by atoms with E-state index in [9.17, 15) is 19.2 Å². The molecule has 1 aromatic carbocycles. The molecule has 1 saturated carbocycles. The van der Waals surface area contributed by atoms with Gasteiger partial charge in [0.05, 0.1) is 54.0 Å². The molecule has 4 aromatic rings. The number of cyclic esters (lactones) is 1. The first-order chi connectivity index (χ1) is 29.8. The number of amides is 4. The maximum Gasteiger partial charge on any atom is 0.324 e. The van der Waals surface area contributed by atoms with E-state index in [4.69, 9.17) is 24.2 Å². The zero-order chi connectivity index (χ0) is 43.9. The Kier molecular flexibility index (Phi) is 19.4. The van der Waals surface area contributed by atoms with Crippen molar-refractivity contribution in [1.82, 2.24) is 40.1 Å². The van der Waals surface area contributed by atoms with Crippen molar-refractivity contribution < 1.29 is 33.4 Å². The maximum atomic E-state index is 14.6. The minimum absolute atomic E-state index is 0. The third-order valence-electron chi connectivity index (χ3n) is 12.9. The minimum atomic E-state index is -1.02. The van der Waals surface area contributed by atoms with Crippen LogP contribution in [0.3, 0.4) is 0 Å². The topological polar surface area (TPSA) is 160 Å². The lowest BCUT2D eigenvalue weighted by Gasteiger charge is -2.42. The second-order valence-electron chi connectivity index (χ2n) is 18.1. The molecule has 2 N–H and O–H groups in total. The van der Waals surface area contributed by atoms with E-state index >= 15 is 0 Å². The minimum Gasteiger partial charge on any atom is -0.464 e. The standard InChI is InChI=1S/C46H60N8O7S.4H2S/c1-8-53-37-16-15-29-20-32(37)33(41(53)31-11-9-17-47-40(31)27(2)59-6)22-46(3,4)26-61-44(57)34-12-10-18-54(50-34)43(56)35(21-39-48-36(29)25-62-39)49-42(55)38(19-28-13-14-28)51(5)45(58)52-23-30(24-52)60-7;;;;/h9,11,15-17,20,25,27-28,30,34-35,38,50H,8,10,12-14,18-19,21-24,26H2,1-7H3,(H,49,55);4*1H2/t27-,34-,35-,38-;;;;/m0..../s1. The smallest absolute Gasteiger partial charge is 0.324 e. The van der Waals surface area contributed by atoms with Crippen molar-refractivity contribution in [3.63, 3.8) is 0 Å². The van der Waals surface area contributed by atoms with E-state index in [0.717, 1.165) is 57.5 Å². The Morgan fingerprint density at radius 1 is 1.09 bits per heavy atom. The lowest BCUT2D eigenvalue weighted by atomic mass is 9.84. The lowest BCUT2D eigenvalue weighted by molar-refractivity contribution is -0.155. The number of carbonyl (C=O) groups excluding carboxylic acids is 4. The summed E-state index contributed by atoms with van der Waals surface area (Å²) in [7, 11) is 4.98. The highest BCUT2D eigenvalue weighted by Gasteiger charge is 2.41. The van der Waals surface area contributed by atoms with Gasteiger partial charge in [-0.15, -0.1) is 11.3 Å². The molecule has 20 heteroatoms. The highest BCUT2D eigenvalue weighted by atomic mass is 32.1. The Morgan fingerprint density at radius 2 is 1.83 bits per heavy atom. The molecule has 6 heterocycles. The molecule has 15 nitrogen and oxygen atoms in total. The van der Waals surface area contributed by atoms with Gasteiger partial charge in [-0.25, -0.2) is 15.2 Å². The van der Waals surface area contributed by atoms with Gasteiger partial charge in [0, 0.05) is 79.8 Å². The van der Waals surface area contributed by atoms with Crippen molar-refractivity contribution in [2.24, 2.45) is 11.3 Å². The van der Waals surface area contributed by atoms with Crippen LogP contribution in [0.15, 0.2) is 41.9 Å².